The Bertz CT molecular complexity index is 1720. The van der Waals surface area contributed by atoms with Gasteiger partial charge in [0.25, 0.3) is 11.8 Å². The number of hydrogen-bond donors (Lipinski definition) is 2. The second-order valence-corrected chi connectivity index (χ2v) is 9.82. The summed E-state index contributed by atoms with van der Waals surface area (Å²) in [6, 6.07) is 8.28. The molecule has 2 N–H and O–H groups in total. The van der Waals surface area contributed by atoms with Crippen LogP contribution in [0.1, 0.15) is 66.1 Å². The third kappa shape index (κ3) is 5.40. The van der Waals surface area contributed by atoms with Crippen LogP contribution in [0.25, 0.3) is 5.65 Å². The summed E-state index contributed by atoms with van der Waals surface area (Å²) in [7, 11) is 0. The molecule has 0 fully saturated rings. The zero-order valence-corrected chi connectivity index (χ0v) is 22.6. The van der Waals surface area contributed by atoms with E-state index in [1.165, 1.54) is 30.5 Å². The van der Waals surface area contributed by atoms with E-state index in [0.717, 1.165) is 27.3 Å². The lowest BCUT2D eigenvalue weighted by atomic mass is 9.98. The highest BCUT2D eigenvalue weighted by molar-refractivity contribution is 6.30. The van der Waals surface area contributed by atoms with Crippen molar-refractivity contribution in [3.05, 3.63) is 111 Å². The van der Waals surface area contributed by atoms with E-state index >= 15 is 4.39 Å². The Labute approximate surface area is 238 Å². The molecule has 12 heteroatoms. The predicted molar refractivity (Wildman–Crippen MR) is 146 cm³/mol. The first-order valence-electron chi connectivity index (χ1n) is 12.7. The quantitative estimate of drug-likeness (QED) is 0.232. The molecule has 0 aliphatic heterocycles. The first-order valence-corrected chi connectivity index (χ1v) is 13.0. The number of rotatable bonds is 8. The molecule has 0 spiro atoms. The zero-order valence-electron chi connectivity index (χ0n) is 21.8. The van der Waals surface area contributed by atoms with E-state index in [4.69, 9.17) is 16.3 Å². The van der Waals surface area contributed by atoms with Crippen LogP contribution < -0.4 is 10.6 Å². The van der Waals surface area contributed by atoms with E-state index in [1.807, 2.05) is 6.92 Å². The molecule has 4 aromatic rings. The topological polar surface area (TPSA) is 115 Å². The molecular formula is C29H24ClF2N5O4. The number of esters is 1. The largest absolute Gasteiger partial charge is 0.458 e. The average molecular weight is 580 g/mol. The van der Waals surface area contributed by atoms with Crippen LogP contribution in [0.5, 0.6) is 0 Å². The third-order valence-electron chi connectivity index (χ3n) is 6.89. The summed E-state index contributed by atoms with van der Waals surface area (Å²) in [4.78, 5) is 42.8. The highest BCUT2D eigenvalue weighted by Gasteiger charge is 2.31. The number of ether oxygens (including phenoxy) is 1. The van der Waals surface area contributed by atoms with Crippen molar-refractivity contribution in [3.8, 4) is 0 Å². The Morgan fingerprint density at radius 3 is 2.76 bits per heavy atom. The van der Waals surface area contributed by atoms with Gasteiger partial charge in [0.15, 0.2) is 22.9 Å². The smallest absolute Gasteiger partial charge is 0.338 e. The average Bonchev–Trinajstić information content (AvgIpc) is 3.59. The first kappa shape index (κ1) is 27.9. The Kier molecular flexibility index (Phi) is 7.80. The molecule has 1 unspecified atom stereocenters. The van der Waals surface area contributed by atoms with Gasteiger partial charge < -0.3 is 15.4 Å². The van der Waals surface area contributed by atoms with Crippen molar-refractivity contribution in [1.29, 1.82) is 0 Å². The Morgan fingerprint density at radius 2 is 2.00 bits per heavy atom. The van der Waals surface area contributed by atoms with Gasteiger partial charge >= 0.3 is 5.97 Å². The van der Waals surface area contributed by atoms with Gasteiger partial charge in [0.05, 0.1) is 22.8 Å². The van der Waals surface area contributed by atoms with Crippen LogP contribution in [-0.4, -0.2) is 39.0 Å². The van der Waals surface area contributed by atoms with Gasteiger partial charge in [0.1, 0.15) is 12.4 Å². The highest BCUT2D eigenvalue weighted by Crippen LogP contribution is 2.35. The lowest BCUT2D eigenvalue weighted by molar-refractivity contribution is 0.0548. The van der Waals surface area contributed by atoms with Gasteiger partial charge in [0.2, 0.25) is 0 Å². The minimum Gasteiger partial charge on any atom is -0.458 e. The van der Waals surface area contributed by atoms with E-state index in [-0.39, 0.29) is 23.8 Å². The van der Waals surface area contributed by atoms with Gasteiger partial charge in [-0.25, -0.2) is 23.1 Å². The van der Waals surface area contributed by atoms with Crippen LogP contribution in [0.2, 0.25) is 5.02 Å². The van der Waals surface area contributed by atoms with Gasteiger partial charge in [-0.3, -0.25) is 9.59 Å². The molecule has 0 bridgehead atoms. The van der Waals surface area contributed by atoms with Crippen LogP contribution in [0.3, 0.4) is 0 Å². The van der Waals surface area contributed by atoms with Crippen LogP contribution in [0, 0.1) is 18.6 Å². The monoisotopic (exact) mass is 579 g/mol. The van der Waals surface area contributed by atoms with Crippen molar-refractivity contribution in [2.75, 3.05) is 6.61 Å². The fourth-order valence-corrected chi connectivity index (χ4v) is 5.08. The number of benzene rings is 2. The minimum absolute atomic E-state index is 0.0761. The van der Waals surface area contributed by atoms with Crippen molar-refractivity contribution < 1.29 is 27.9 Å². The van der Waals surface area contributed by atoms with Crippen LogP contribution in [0.4, 0.5) is 8.78 Å². The molecule has 1 aliphatic rings. The summed E-state index contributed by atoms with van der Waals surface area (Å²) in [6.07, 6.45) is 3.93. The normalized spacial score (nSPS) is 14.0. The molecule has 2 aromatic heterocycles. The van der Waals surface area contributed by atoms with Crippen LogP contribution in [-0.2, 0) is 17.7 Å². The van der Waals surface area contributed by atoms with E-state index in [9.17, 15) is 18.8 Å². The molecule has 1 atom stereocenters. The van der Waals surface area contributed by atoms with E-state index in [1.54, 1.807) is 12.1 Å². The van der Waals surface area contributed by atoms with Crippen molar-refractivity contribution in [2.45, 2.75) is 32.4 Å². The minimum atomic E-state index is -1.15. The van der Waals surface area contributed by atoms with E-state index < -0.39 is 46.8 Å². The van der Waals surface area contributed by atoms with Gasteiger partial charge in [0, 0.05) is 12.6 Å². The van der Waals surface area contributed by atoms with Gasteiger partial charge in [-0.2, -0.15) is 5.10 Å². The number of aromatic nitrogens is 3. The SMILES string of the molecule is C=CCOC(=O)c1ccc2c(c1C)CCC2NC(=O)c1c(F)c(C(=O)NCc2ccc(F)c(Cl)c2)nc2ccnn12. The second-order valence-electron chi connectivity index (χ2n) is 9.41. The lowest BCUT2D eigenvalue weighted by Gasteiger charge is -2.17. The molecule has 2 aromatic carbocycles. The zero-order chi connectivity index (χ0) is 29.3. The second kappa shape index (κ2) is 11.5. The Hall–Kier alpha value is -4.64. The summed E-state index contributed by atoms with van der Waals surface area (Å²) in [6.45, 7) is 5.37. The molecule has 2 amide bonds. The van der Waals surface area contributed by atoms with Crippen molar-refractivity contribution >= 4 is 35.0 Å². The molecule has 0 saturated heterocycles. The van der Waals surface area contributed by atoms with Crippen molar-refractivity contribution in [3.63, 3.8) is 0 Å². The maximum Gasteiger partial charge on any atom is 0.338 e. The van der Waals surface area contributed by atoms with Crippen molar-refractivity contribution in [1.82, 2.24) is 25.2 Å². The molecule has 0 saturated carbocycles. The van der Waals surface area contributed by atoms with E-state index in [2.05, 4.69) is 27.3 Å². The highest BCUT2D eigenvalue weighted by atomic mass is 35.5. The molecule has 0 radical (unpaired) electrons. The van der Waals surface area contributed by atoms with Gasteiger partial charge in [-0.05, 0) is 60.2 Å². The van der Waals surface area contributed by atoms with Gasteiger partial charge in [-0.15, -0.1) is 0 Å². The number of hydrogen-bond acceptors (Lipinski definition) is 6. The van der Waals surface area contributed by atoms with Crippen LogP contribution >= 0.6 is 11.6 Å². The standard InChI is InChI=1S/C29H24ClF2N5O4/c1-3-12-41-29(40)18-5-6-19-17(15(18)2)7-9-22(19)35-28(39)26-24(32)25(36-23-10-11-34-37(23)26)27(38)33-14-16-4-8-21(31)20(30)13-16/h3-6,8,10-11,13,22H,1,7,9,12,14H2,2H3,(H,33,38)(H,35,39). The molecule has 9 nitrogen and oxygen atoms in total. The predicted octanol–water partition coefficient (Wildman–Crippen LogP) is 4.66. The number of carbonyl (C=O) groups excluding carboxylic acids is 3. The Balaban J connectivity index is 1.39. The summed E-state index contributed by atoms with van der Waals surface area (Å²) >= 11 is 5.79. The maximum atomic E-state index is 15.7. The molecule has 1 aliphatic carbocycles. The molecule has 41 heavy (non-hydrogen) atoms. The molecule has 210 valence electrons. The van der Waals surface area contributed by atoms with Gasteiger partial charge in [-0.1, -0.05) is 36.4 Å². The van der Waals surface area contributed by atoms with E-state index in [0.29, 0.717) is 24.0 Å². The fourth-order valence-electron chi connectivity index (χ4n) is 4.87. The lowest BCUT2D eigenvalue weighted by Crippen LogP contribution is -2.32. The number of nitrogens with one attached hydrogen (secondary N) is 2. The van der Waals surface area contributed by atoms with Crippen molar-refractivity contribution in [2.24, 2.45) is 0 Å². The fraction of sp³-hybridized carbons (Fsp3) is 0.207. The third-order valence-corrected chi connectivity index (χ3v) is 7.18. The molecular weight excluding hydrogens is 556 g/mol. The maximum absolute atomic E-state index is 15.7. The Morgan fingerprint density at radius 1 is 1.20 bits per heavy atom. The summed E-state index contributed by atoms with van der Waals surface area (Å²) in [5.41, 5.74) is 2.39. The number of nitrogens with zero attached hydrogens (tertiary/aromatic N) is 3. The number of amides is 2. The summed E-state index contributed by atoms with van der Waals surface area (Å²) in [5.74, 6) is -3.89. The summed E-state index contributed by atoms with van der Waals surface area (Å²) in [5, 5.41) is 9.26. The number of carbonyl (C=O) groups is 3. The number of halogens is 3. The summed E-state index contributed by atoms with van der Waals surface area (Å²) < 4.78 is 35.4. The first-order chi connectivity index (χ1) is 19.7. The molecule has 2 heterocycles. The number of fused-ring (bicyclic) bond motifs is 2. The molecule has 5 rings (SSSR count). The van der Waals surface area contributed by atoms with Crippen LogP contribution in [0.15, 0.2) is 55.3 Å².